The Hall–Kier alpha value is -1.00. The molecule has 3 nitrogen and oxygen atoms in total. The molecule has 0 bridgehead atoms. The number of thioether (sulfide) groups is 1. The highest BCUT2D eigenvalue weighted by molar-refractivity contribution is 7.99. The van der Waals surface area contributed by atoms with Crippen LogP contribution in [0.1, 0.15) is 0 Å². The predicted molar refractivity (Wildman–Crippen MR) is 64.1 cm³/mol. The summed E-state index contributed by atoms with van der Waals surface area (Å²) in [6, 6.07) is 10.2. The predicted octanol–water partition coefficient (Wildman–Crippen LogP) is 1.11. The molecule has 0 saturated carbocycles. The van der Waals surface area contributed by atoms with Crippen LogP contribution in [-0.4, -0.2) is 31.8 Å². The van der Waals surface area contributed by atoms with Crippen molar-refractivity contribution in [2.45, 2.75) is 4.90 Å². The van der Waals surface area contributed by atoms with Crippen LogP contribution >= 0.6 is 11.8 Å². The van der Waals surface area contributed by atoms with E-state index in [2.05, 4.69) is 22.8 Å². The van der Waals surface area contributed by atoms with Crippen LogP contribution in [-0.2, 0) is 4.79 Å². The molecule has 4 heteroatoms. The maximum atomic E-state index is 10.9. The van der Waals surface area contributed by atoms with Gasteiger partial charge in [0.15, 0.2) is 0 Å². The molecule has 1 amide bonds. The summed E-state index contributed by atoms with van der Waals surface area (Å²) in [5.41, 5.74) is 0. The first kappa shape index (κ1) is 12.1. The summed E-state index contributed by atoms with van der Waals surface area (Å²) in [4.78, 5) is 12.1. The number of hydrogen-bond donors (Lipinski definition) is 2. The monoisotopic (exact) mass is 224 g/mol. The molecular weight excluding hydrogens is 208 g/mol. The number of rotatable bonds is 6. The van der Waals surface area contributed by atoms with E-state index in [1.54, 1.807) is 18.8 Å². The molecule has 82 valence electrons. The van der Waals surface area contributed by atoms with Gasteiger partial charge in [-0.25, -0.2) is 0 Å². The molecule has 2 N–H and O–H groups in total. The number of nitrogens with one attached hydrogen (secondary N) is 2. The van der Waals surface area contributed by atoms with Crippen molar-refractivity contribution in [3.63, 3.8) is 0 Å². The fraction of sp³-hybridized carbons (Fsp3) is 0.364. The van der Waals surface area contributed by atoms with Crippen LogP contribution in [0.15, 0.2) is 35.2 Å². The Bertz CT molecular complexity index is 290. The number of hydrogen-bond acceptors (Lipinski definition) is 3. The first-order valence-electron chi connectivity index (χ1n) is 4.92. The molecule has 1 aromatic rings. The maximum Gasteiger partial charge on any atom is 0.233 e. The van der Waals surface area contributed by atoms with E-state index in [1.165, 1.54) is 4.90 Å². The highest BCUT2D eigenvalue weighted by Crippen LogP contribution is 2.15. The molecule has 0 unspecified atom stereocenters. The molecule has 0 fully saturated rings. The lowest BCUT2D eigenvalue weighted by Gasteiger charge is -2.03. The van der Waals surface area contributed by atoms with E-state index >= 15 is 0 Å². The van der Waals surface area contributed by atoms with Crippen LogP contribution in [0.5, 0.6) is 0 Å². The second kappa shape index (κ2) is 7.31. The Morgan fingerprint density at radius 2 is 2.07 bits per heavy atom. The number of carbonyl (C=O) groups excluding carboxylic acids is 1. The Labute approximate surface area is 94.6 Å². The minimum Gasteiger partial charge on any atom is -0.358 e. The zero-order valence-electron chi connectivity index (χ0n) is 8.82. The minimum absolute atomic E-state index is 0.0275. The van der Waals surface area contributed by atoms with Crippen LogP contribution in [0.2, 0.25) is 0 Å². The van der Waals surface area contributed by atoms with E-state index in [-0.39, 0.29) is 5.91 Å². The van der Waals surface area contributed by atoms with E-state index in [4.69, 9.17) is 0 Å². The van der Waals surface area contributed by atoms with E-state index < -0.39 is 0 Å². The van der Waals surface area contributed by atoms with Gasteiger partial charge in [0, 0.05) is 24.2 Å². The van der Waals surface area contributed by atoms with Gasteiger partial charge in [0.1, 0.15) is 0 Å². The molecule has 0 saturated heterocycles. The molecule has 0 radical (unpaired) electrons. The average Bonchev–Trinajstić information content (AvgIpc) is 2.29. The first-order chi connectivity index (χ1) is 7.33. The largest absolute Gasteiger partial charge is 0.358 e. The summed E-state index contributed by atoms with van der Waals surface area (Å²) in [6.45, 7) is 1.23. The molecule has 0 spiro atoms. The smallest absolute Gasteiger partial charge is 0.233 e. The summed E-state index contributed by atoms with van der Waals surface area (Å²) in [5, 5.41) is 5.64. The van der Waals surface area contributed by atoms with Gasteiger partial charge in [0.25, 0.3) is 0 Å². The molecule has 0 aliphatic rings. The fourth-order valence-corrected chi connectivity index (χ4v) is 1.88. The van der Waals surface area contributed by atoms with Crippen molar-refractivity contribution in [3.05, 3.63) is 30.3 Å². The second-order valence-electron chi connectivity index (χ2n) is 3.01. The summed E-state index contributed by atoms with van der Waals surface area (Å²) in [7, 11) is 1.64. The zero-order valence-corrected chi connectivity index (χ0v) is 9.64. The van der Waals surface area contributed by atoms with Crippen molar-refractivity contribution in [2.75, 3.05) is 25.9 Å². The summed E-state index contributed by atoms with van der Waals surface area (Å²) in [5.74, 6) is 1.00. The number of amides is 1. The van der Waals surface area contributed by atoms with Gasteiger partial charge in [-0.1, -0.05) is 18.2 Å². The summed E-state index contributed by atoms with van der Waals surface area (Å²) >= 11 is 1.79. The Balaban J connectivity index is 2.05. The molecule has 15 heavy (non-hydrogen) atoms. The third-order valence-corrected chi connectivity index (χ3v) is 2.87. The Kier molecular flexibility index (Phi) is 5.88. The number of carbonyl (C=O) groups is 1. The lowest BCUT2D eigenvalue weighted by atomic mass is 10.4. The van der Waals surface area contributed by atoms with E-state index in [9.17, 15) is 4.79 Å². The molecule has 0 heterocycles. The maximum absolute atomic E-state index is 10.9. The molecule has 1 aromatic carbocycles. The van der Waals surface area contributed by atoms with Crippen molar-refractivity contribution < 1.29 is 4.79 Å². The van der Waals surface area contributed by atoms with Crippen LogP contribution in [0.4, 0.5) is 0 Å². The Morgan fingerprint density at radius 1 is 1.33 bits per heavy atom. The van der Waals surface area contributed by atoms with Gasteiger partial charge in [0.2, 0.25) is 5.91 Å². The van der Waals surface area contributed by atoms with Crippen LogP contribution in [0.3, 0.4) is 0 Å². The van der Waals surface area contributed by atoms with E-state index in [0.29, 0.717) is 6.54 Å². The van der Waals surface area contributed by atoms with Crippen molar-refractivity contribution in [3.8, 4) is 0 Å². The SMILES string of the molecule is CNC(=O)CNCCSc1ccccc1. The molecule has 0 aliphatic heterocycles. The zero-order chi connectivity index (χ0) is 10.9. The van der Waals surface area contributed by atoms with Crippen molar-refractivity contribution in [2.24, 2.45) is 0 Å². The van der Waals surface area contributed by atoms with Crippen molar-refractivity contribution in [1.29, 1.82) is 0 Å². The van der Waals surface area contributed by atoms with Gasteiger partial charge in [-0.05, 0) is 12.1 Å². The van der Waals surface area contributed by atoms with Gasteiger partial charge in [0.05, 0.1) is 6.54 Å². The third kappa shape index (κ3) is 5.44. The van der Waals surface area contributed by atoms with Gasteiger partial charge in [-0.3, -0.25) is 4.79 Å². The van der Waals surface area contributed by atoms with Crippen LogP contribution < -0.4 is 10.6 Å². The van der Waals surface area contributed by atoms with Gasteiger partial charge < -0.3 is 10.6 Å². The van der Waals surface area contributed by atoms with E-state index in [1.807, 2.05) is 18.2 Å². The van der Waals surface area contributed by atoms with Crippen LogP contribution in [0, 0.1) is 0 Å². The van der Waals surface area contributed by atoms with E-state index in [0.717, 1.165) is 12.3 Å². The quantitative estimate of drug-likeness (QED) is 0.562. The summed E-state index contributed by atoms with van der Waals surface area (Å²) in [6.07, 6.45) is 0. The molecule has 0 atom stereocenters. The normalized spacial score (nSPS) is 9.93. The summed E-state index contributed by atoms with van der Waals surface area (Å²) < 4.78 is 0. The molecule has 0 aliphatic carbocycles. The van der Waals surface area contributed by atoms with Crippen LogP contribution in [0.25, 0.3) is 0 Å². The minimum atomic E-state index is 0.0275. The standard InChI is InChI=1S/C11H16N2OS/c1-12-11(14)9-13-7-8-15-10-5-3-2-4-6-10/h2-6,13H,7-9H2,1H3,(H,12,14). The second-order valence-corrected chi connectivity index (χ2v) is 4.18. The van der Waals surface area contributed by atoms with Gasteiger partial charge >= 0.3 is 0 Å². The van der Waals surface area contributed by atoms with Crippen molar-refractivity contribution in [1.82, 2.24) is 10.6 Å². The Morgan fingerprint density at radius 3 is 2.73 bits per heavy atom. The lowest BCUT2D eigenvalue weighted by Crippen LogP contribution is -2.32. The molecular formula is C11H16N2OS. The number of likely N-dealkylation sites (N-methyl/N-ethyl adjacent to an activating group) is 1. The highest BCUT2D eigenvalue weighted by Gasteiger charge is 1.96. The number of benzene rings is 1. The topological polar surface area (TPSA) is 41.1 Å². The van der Waals surface area contributed by atoms with Gasteiger partial charge in [-0.2, -0.15) is 0 Å². The average molecular weight is 224 g/mol. The van der Waals surface area contributed by atoms with Crippen molar-refractivity contribution >= 4 is 17.7 Å². The molecule has 1 rings (SSSR count). The first-order valence-corrected chi connectivity index (χ1v) is 5.90. The fourth-order valence-electron chi connectivity index (χ4n) is 1.05. The van der Waals surface area contributed by atoms with Gasteiger partial charge in [-0.15, -0.1) is 11.8 Å². The lowest BCUT2D eigenvalue weighted by molar-refractivity contribution is -0.119. The highest BCUT2D eigenvalue weighted by atomic mass is 32.2. The molecule has 0 aromatic heterocycles. The third-order valence-electron chi connectivity index (χ3n) is 1.86.